The van der Waals surface area contributed by atoms with Gasteiger partial charge in [-0.05, 0) is 32.3 Å². The maximum atomic E-state index is 5.57. The van der Waals surface area contributed by atoms with Gasteiger partial charge in [0.05, 0.1) is 12.9 Å². The van der Waals surface area contributed by atoms with Crippen LogP contribution in [-0.4, -0.2) is 7.11 Å². The van der Waals surface area contributed by atoms with E-state index in [1.165, 1.54) is 37.7 Å². The third-order valence-electron chi connectivity index (χ3n) is 3.27. The van der Waals surface area contributed by atoms with E-state index in [1.54, 1.807) is 7.11 Å². The molecule has 0 heterocycles. The number of hydrogen-bond donors (Lipinski definition) is 0. The highest BCUT2D eigenvalue weighted by molar-refractivity contribution is 5.15. The zero-order valence-corrected chi connectivity index (χ0v) is 12.4. The van der Waals surface area contributed by atoms with Crippen molar-refractivity contribution in [3.8, 4) is 0 Å². The van der Waals surface area contributed by atoms with Gasteiger partial charge in [0.25, 0.3) is 0 Å². The molecule has 0 aliphatic heterocycles. The molecular weight excluding hydrogens is 208 g/mol. The van der Waals surface area contributed by atoms with Gasteiger partial charge >= 0.3 is 0 Å². The summed E-state index contributed by atoms with van der Waals surface area (Å²) in [7, 11) is 1.80. The maximum Gasteiger partial charge on any atom is 0.0986 e. The van der Waals surface area contributed by atoms with E-state index < -0.39 is 0 Å². The van der Waals surface area contributed by atoms with Crippen molar-refractivity contribution in [1.29, 1.82) is 0 Å². The summed E-state index contributed by atoms with van der Waals surface area (Å²) in [6.07, 6.45) is 11.8. The van der Waals surface area contributed by atoms with E-state index in [0.717, 1.165) is 12.2 Å². The predicted octanol–water partition coefficient (Wildman–Crippen LogP) is 5.48. The summed E-state index contributed by atoms with van der Waals surface area (Å²) in [4.78, 5) is 0. The fourth-order valence-corrected chi connectivity index (χ4v) is 1.94. The van der Waals surface area contributed by atoms with Crippen molar-refractivity contribution in [3.63, 3.8) is 0 Å². The molecule has 0 aliphatic rings. The zero-order chi connectivity index (χ0) is 13.1. The highest BCUT2D eigenvalue weighted by Crippen LogP contribution is 2.24. The Morgan fingerprint density at radius 2 is 1.76 bits per heavy atom. The molecule has 0 spiro atoms. The second-order valence-corrected chi connectivity index (χ2v) is 4.77. The van der Waals surface area contributed by atoms with Crippen LogP contribution in [0.1, 0.15) is 66.2 Å². The Kier molecular flexibility index (Phi) is 9.99. The third-order valence-corrected chi connectivity index (χ3v) is 3.27. The monoisotopic (exact) mass is 238 g/mol. The first kappa shape index (κ1) is 16.3. The van der Waals surface area contributed by atoms with Crippen LogP contribution in [0.2, 0.25) is 0 Å². The summed E-state index contributed by atoms with van der Waals surface area (Å²) >= 11 is 0. The van der Waals surface area contributed by atoms with Gasteiger partial charge < -0.3 is 4.74 Å². The smallest absolute Gasteiger partial charge is 0.0986 e. The van der Waals surface area contributed by atoms with Gasteiger partial charge in [0.15, 0.2) is 0 Å². The number of rotatable bonds is 9. The number of allylic oxidation sites excluding steroid dienone is 4. The molecule has 0 bridgehead atoms. The maximum absolute atomic E-state index is 5.57. The van der Waals surface area contributed by atoms with E-state index in [4.69, 9.17) is 4.74 Å². The largest absolute Gasteiger partial charge is 0.501 e. The van der Waals surface area contributed by atoms with Gasteiger partial charge in [0.1, 0.15) is 0 Å². The lowest BCUT2D eigenvalue weighted by molar-refractivity contribution is 0.227. The van der Waals surface area contributed by atoms with Crippen molar-refractivity contribution in [3.05, 3.63) is 23.5 Å². The van der Waals surface area contributed by atoms with Gasteiger partial charge in [-0.3, -0.25) is 0 Å². The van der Waals surface area contributed by atoms with Crippen molar-refractivity contribution < 1.29 is 4.74 Å². The normalized spacial score (nSPS) is 14.9. The second kappa shape index (κ2) is 10.4. The Morgan fingerprint density at radius 3 is 2.24 bits per heavy atom. The van der Waals surface area contributed by atoms with Crippen LogP contribution in [0.3, 0.4) is 0 Å². The summed E-state index contributed by atoms with van der Waals surface area (Å²) in [5.74, 6) is 1.76. The summed E-state index contributed by atoms with van der Waals surface area (Å²) in [6, 6.07) is 0. The molecule has 0 aromatic heterocycles. The molecule has 0 radical (unpaired) electrons. The minimum Gasteiger partial charge on any atom is -0.501 e. The molecule has 17 heavy (non-hydrogen) atoms. The van der Waals surface area contributed by atoms with E-state index in [0.29, 0.717) is 5.92 Å². The van der Waals surface area contributed by atoms with Crippen LogP contribution in [0, 0.1) is 5.92 Å². The summed E-state index contributed by atoms with van der Waals surface area (Å²) < 4.78 is 5.57. The van der Waals surface area contributed by atoms with Crippen LogP contribution >= 0.6 is 0 Å². The fraction of sp³-hybridized carbons (Fsp3) is 0.750. The van der Waals surface area contributed by atoms with Crippen LogP contribution in [0.15, 0.2) is 23.5 Å². The molecule has 0 saturated heterocycles. The SMILES string of the molecule is CCCCC(CCC)/C(=C/C=C(\C)CC)OC. The van der Waals surface area contributed by atoms with Crippen molar-refractivity contribution in [2.75, 3.05) is 7.11 Å². The topological polar surface area (TPSA) is 9.23 Å². The standard InChI is InChI=1S/C16H30O/c1-6-9-11-15(10-7-2)16(17-5)13-12-14(4)8-3/h12-13,15H,6-11H2,1-5H3/b14-12+,16-13-. The Balaban J connectivity index is 4.63. The first-order valence-electron chi connectivity index (χ1n) is 7.10. The highest BCUT2D eigenvalue weighted by atomic mass is 16.5. The first-order chi connectivity index (χ1) is 8.19. The molecule has 1 nitrogen and oxygen atoms in total. The molecular formula is C16H30O. The van der Waals surface area contributed by atoms with Gasteiger partial charge in [0, 0.05) is 5.92 Å². The van der Waals surface area contributed by atoms with Crippen LogP contribution in [0.5, 0.6) is 0 Å². The molecule has 0 aliphatic carbocycles. The molecule has 0 rings (SSSR count). The number of hydrogen-bond acceptors (Lipinski definition) is 1. The molecule has 1 heteroatoms. The Morgan fingerprint density at radius 1 is 1.06 bits per heavy atom. The zero-order valence-electron chi connectivity index (χ0n) is 12.4. The van der Waals surface area contributed by atoms with E-state index in [1.807, 2.05) is 0 Å². The molecule has 100 valence electrons. The second-order valence-electron chi connectivity index (χ2n) is 4.77. The van der Waals surface area contributed by atoms with Gasteiger partial charge in [-0.1, -0.05) is 51.7 Å². The Bertz CT molecular complexity index is 238. The minimum absolute atomic E-state index is 0.603. The Labute approximate surface area is 108 Å². The molecule has 0 saturated carbocycles. The average molecular weight is 238 g/mol. The van der Waals surface area contributed by atoms with Crippen LogP contribution in [0.4, 0.5) is 0 Å². The quantitative estimate of drug-likeness (QED) is 0.382. The molecule has 0 aromatic rings. The van der Waals surface area contributed by atoms with Gasteiger partial charge in [0.2, 0.25) is 0 Å². The number of ether oxygens (including phenoxy) is 1. The van der Waals surface area contributed by atoms with E-state index in [2.05, 4.69) is 39.8 Å². The van der Waals surface area contributed by atoms with Crippen molar-refractivity contribution >= 4 is 0 Å². The highest BCUT2D eigenvalue weighted by Gasteiger charge is 2.12. The molecule has 1 atom stereocenters. The van der Waals surface area contributed by atoms with Crippen molar-refractivity contribution in [2.45, 2.75) is 66.2 Å². The van der Waals surface area contributed by atoms with Crippen LogP contribution in [-0.2, 0) is 4.74 Å². The van der Waals surface area contributed by atoms with Crippen molar-refractivity contribution in [1.82, 2.24) is 0 Å². The first-order valence-corrected chi connectivity index (χ1v) is 7.10. The lowest BCUT2D eigenvalue weighted by Gasteiger charge is -2.18. The molecule has 0 N–H and O–H groups in total. The third kappa shape index (κ3) is 7.25. The number of unbranched alkanes of at least 4 members (excludes halogenated alkanes) is 1. The minimum atomic E-state index is 0.603. The van der Waals surface area contributed by atoms with Gasteiger partial charge in [-0.15, -0.1) is 0 Å². The molecule has 0 fully saturated rings. The van der Waals surface area contributed by atoms with E-state index in [9.17, 15) is 0 Å². The van der Waals surface area contributed by atoms with Crippen LogP contribution in [0.25, 0.3) is 0 Å². The number of methoxy groups -OCH3 is 1. The predicted molar refractivity (Wildman–Crippen MR) is 77.1 cm³/mol. The van der Waals surface area contributed by atoms with E-state index in [-0.39, 0.29) is 0 Å². The summed E-state index contributed by atoms with van der Waals surface area (Å²) in [6.45, 7) is 8.86. The van der Waals surface area contributed by atoms with Gasteiger partial charge in [-0.2, -0.15) is 0 Å². The molecule has 0 amide bonds. The molecule has 0 aromatic carbocycles. The molecule has 1 unspecified atom stereocenters. The fourth-order valence-electron chi connectivity index (χ4n) is 1.94. The van der Waals surface area contributed by atoms with Gasteiger partial charge in [-0.25, -0.2) is 0 Å². The van der Waals surface area contributed by atoms with E-state index >= 15 is 0 Å². The lowest BCUT2D eigenvalue weighted by atomic mass is 9.94. The Hall–Kier alpha value is -0.720. The average Bonchev–Trinajstić information content (AvgIpc) is 2.35. The van der Waals surface area contributed by atoms with Crippen molar-refractivity contribution in [2.24, 2.45) is 5.92 Å². The van der Waals surface area contributed by atoms with Crippen LogP contribution < -0.4 is 0 Å². The summed E-state index contributed by atoms with van der Waals surface area (Å²) in [5.41, 5.74) is 1.41. The summed E-state index contributed by atoms with van der Waals surface area (Å²) in [5, 5.41) is 0. The lowest BCUT2D eigenvalue weighted by Crippen LogP contribution is -2.06.